The Hall–Kier alpha value is -5.46. The average Bonchev–Trinajstić information content (AvgIpc) is 4.19. The van der Waals surface area contributed by atoms with Crippen LogP contribution in [0.25, 0.3) is 21.1 Å². The van der Waals surface area contributed by atoms with Crippen molar-refractivity contribution in [3.63, 3.8) is 0 Å². The summed E-state index contributed by atoms with van der Waals surface area (Å²) in [6.07, 6.45) is 10.3. The van der Waals surface area contributed by atoms with Crippen LogP contribution >= 0.6 is 11.3 Å². The van der Waals surface area contributed by atoms with Gasteiger partial charge in [0.2, 0.25) is 11.8 Å². The molecule has 0 radical (unpaired) electrons. The smallest absolute Gasteiger partial charge is 0.270 e. The zero-order valence-electron chi connectivity index (χ0n) is 38.3. The zero-order valence-corrected chi connectivity index (χ0v) is 39.1. The first-order valence-corrected chi connectivity index (χ1v) is 24.8. The van der Waals surface area contributed by atoms with Crippen molar-refractivity contribution in [3.8, 4) is 11.6 Å². The van der Waals surface area contributed by atoms with E-state index in [1.165, 1.54) is 10.6 Å². The maximum Gasteiger partial charge on any atom is 0.270 e. The lowest BCUT2D eigenvalue weighted by Gasteiger charge is -2.39. The minimum absolute atomic E-state index is 0.0132. The van der Waals surface area contributed by atoms with Crippen molar-refractivity contribution in [2.45, 2.75) is 102 Å². The SMILES string of the molecule is CN[C@@H](C)C(=O)C[C@H](C(=O)N1CCN(C(=O)c2cc3cc(F)c(F)cc3n2CC(=O)N2CCC[C@H]2COc2cc(CN3CCC(Oc4ccnc5ccsc45)CC3)on2)CC1)C1CCCCC1. The molecule has 3 amide bonds. The third-order valence-electron chi connectivity index (χ3n) is 14.4. The first-order valence-electron chi connectivity index (χ1n) is 23.9. The van der Waals surface area contributed by atoms with Crippen LogP contribution in [0.15, 0.2) is 52.5 Å². The molecule has 0 spiro atoms. The molecule has 4 aliphatic rings. The summed E-state index contributed by atoms with van der Waals surface area (Å²) in [5.74, 6) is -1.24. The molecule has 1 aromatic carbocycles. The van der Waals surface area contributed by atoms with Gasteiger partial charge in [0, 0.05) is 81.9 Å². The number of rotatable bonds is 16. The number of carbonyl (C=O) groups is 4. The molecule has 4 fully saturated rings. The lowest BCUT2D eigenvalue weighted by atomic mass is 9.76. The number of Topliss-reactive ketones (excluding diaryl/α,β-unsaturated/α-hetero) is 1. The third-order valence-corrected chi connectivity index (χ3v) is 15.3. The Bertz CT molecular complexity index is 2560. The Morgan fingerprint density at radius 1 is 0.896 bits per heavy atom. The Kier molecular flexibility index (Phi) is 14.5. The zero-order chi connectivity index (χ0) is 46.6. The molecule has 5 aromatic rings. The number of pyridine rings is 1. The largest absolute Gasteiger partial charge is 0.489 e. The topological polar surface area (TPSA) is 156 Å². The van der Waals surface area contributed by atoms with E-state index in [-0.39, 0.29) is 98.7 Å². The number of benzene rings is 1. The highest BCUT2D eigenvalue weighted by atomic mass is 32.1. The quantitative estimate of drug-likeness (QED) is 0.113. The monoisotopic (exact) mass is 942 g/mol. The minimum atomic E-state index is -1.08. The van der Waals surface area contributed by atoms with Crippen molar-refractivity contribution >= 4 is 56.0 Å². The highest BCUT2D eigenvalue weighted by molar-refractivity contribution is 7.17. The molecule has 18 heteroatoms. The van der Waals surface area contributed by atoms with Gasteiger partial charge in [-0.1, -0.05) is 19.3 Å². The number of likely N-dealkylation sites (N-methyl/N-ethyl adjacent to an activating group) is 1. The number of hydrogen-bond donors (Lipinski definition) is 1. The summed E-state index contributed by atoms with van der Waals surface area (Å²) in [7, 11) is 1.74. The van der Waals surface area contributed by atoms with Gasteiger partial charge >= 0.3 is 0 Å². The van der Waals surface area contributed by atoms with Gasteiger partial charge in [-0.3, -0.25) is 29.1 Å². The van der Waals surface area contributed by atoms with Crippen LogP contribution in [0.4, 0.5) is 8.78 Å². The number of thiophene rings is 1. The second kappa shape index (κ2) is 20.8. The molecule has 1 saturated carbocycles. The van der Waals surface area contributed by atoms with Gasteiger partial charge in [-0.25, -0.2) is 8.78 Å². The molecule has 15 nitrogen and oxygen atoms in total. The molecular weight excluding hydrogens is 883 g/mol. The van der Waals surface area contributed by atoms with Gasteiger partial charge in [0.25, 0.3) is 11.8 Å². The second-order valence-electron chi connectivity index (χ2n) is 18.6. The van der Waals surface area contributed by atoms with Gasteiger partial charge in [0.15, 0.2) is 17.4 Å². The van der Waals surface area contributed by atoms with Crippen molar-refractivity contribution in [2.24, 2.45) is 11.8 Å². The van der Waals surface area contributed by atoms with E-state index in [2.05, 4.69) is 20.4 Å². The molecule has 9 rings (SSSR count). The Morgan fingerprint density at radius 2 is 1.66 bits per heavy atom. The summed E-state index contributed by atoms with van der Waals surface area (Å²) in [5, 5.41) is 9.48. The molecule has 3 saturated heterocycles. The number of halogens is 2. The number of aromatic nitrogens is 3. The van der Waals surface area contributed by atoms with Crippen LogP contribution in [0, 0.1) is 23.5 Å². The summed E-state index contributed by atoms with van der Waals surface area (Å²) in [5.41, 5.74) is 1.31. The van der Waals surface area contributed by atoms with E-state index in [9.17, 15) is 28.0 Å². The van der Waals surface area contributed by atoms with Gasteiger partial charge in [-0.15, -0.1) is 11.3 Å². The lowest BCUT2D eigenvalue weighted by Crippen LogP contribution is -2.53. The van der Waals surface area contributed by atoms with E-state index in [1.807, 2.05) is 24.4 Å². The van der Waals surface area contributed by atoms with Crippen molar-refractivity contribution in [2.75, 3.05) is 59.5 Å². The van der Waals surface area contributed by atoms with Gasteiger partial charge in [-0.05, 0) is 93.2 Å². The lowest BCUT2D eigenvalue weighted by molar-refractivity contribution is -0.142. The maximum atomic E-state index is 14.8. The fourth-order valence-corrected chi connectivity index (χ4v) is 11.2. The molecule has 358 valence electrons. The van der Waals surface area contributed by atoms with Crippen molar-refractivity contribution in [1.29, 1.82) is 0 Å². The van der Waals surface area contributed by atoms with Crippen LogP contribution in [-0.2, 0) is 27.5 Å². The highest BCUT2D eigenvalue weighted by Gasteiger charge is 2.38. The van der Waals surface area contributed by atoms with E-state index >= 15 is 0 Å². The number of hydrogen-bond acceptors (Lipinski definition) is 12. The van der Waals surface area contributed by atoms with Crippen molar-refractivity contribution in [1.82, 2.24) is 39.6 Å². The van der Waals surface area contributed by atoms with Crippen LogP contribution < -0.4 is 14.8 Å². The molecule has 1 aliphatic carbocycles. The second-order valence-corrected chi connectivity index (χ2v) is 19.5. The molecule has 3 atom stereocenters. The standard InChI is InChI=1S/C49H60F2N8O7S/c1-31(52-2)43(60)26-37(32-7-4-3-5-8-32)48(62)56-18-20-57(21-19-56)49(63)42-24-33-23-38(50)39(51)27-41(33)59(42)29-46(61)58-15-6-9-34(58)30-64-45-25-36(66-54-45)28-55-16-11-35(12-17-55)65-44-10-14-53-40-13-22-67-47(40)44/h10,13-14,22-25,27,31-32,34-35,37,52H,3-9,11-12,15-21,26,28-30H2,1-2H3/t31-,34-,37-/m0/s1. The third kappa shape index (κ3) is 10.5. The number of fused-ring (bicyclic) bond motifs is 2. The Labute approximate surface area is 392 Å². The fourth-order valence-electron chi connectivity index (χ4n) is 10.4. The summed E-state index contributed by atoms with van der Waals surface area (Å²) in [6.45, 7) is 5.48. The normalized spacial score (nSPS) is 19.9. The maximum absolute atomic E-state index is 14.8. The van der Waals surface area contributed by atoms with Gasteiger partial charge in [0.05, 0.1) is 34.4 Å². The molecule has 1 N–H and O–H groups in total. The predicted molar refractivity (Wildman–Crippen MR) is 248 cm³/mol. The number of ether oxygens (including phenoxy) is 2. The number of piperazine rings is 1. The van der Waals surface area contributed by atoms with Crippen LogP contribution in [0.1, 0.15) is 87.4 Å². The first-order chi connectivity index (χ1) is 32.5. The van der Waals surface area contributed by atoms with Crippen LogP contribution in [0.3, 0.4) is 0 Å². The van der Waals surface area contributed by atoms with E-state index in [4.69, 9.17) is 14.0 Å². The summed E-state index contributed by atoms with van der Waals surface area (Å²) >= 11 is 1.63. The number of nitrogens with zero attached hydrogens (tertiary/aromatic N) is 7. The molecule has 4 aromatic heterocycles. The average molecular weight is 943 g/mol. The van der Waals surface area contributed by atoms with Gasteiger partial charge < -0.3 is 38.6 Å². The number of piperidine rings is 1. The number of amides is 3. The van der Waals surface area contributed by atoms with E-state index in [0.29, 0.717) is 36.5 Å². The summed E-state index contributed by atoms with van der Waals surface area (Å²) in [4.78, 5) is 67.5. The number of nitrogens with one attached hydrogen (secondary N) is 1. The molecule has 67 heavy (non-hydrogen) atoms. The van der Waals surface area contributed by atoms with E-state index in [1.54, 1.807) is 45.3 Å². The predicted octanol–water partition coefficient (Wildman–Crippen LogP) is 6.68. The number of likely N-dealkylation sites (tertiary alicyclic amines) is 2. The molecule has 0 bridgehead atoms. The van der Waals surface area contributed by atoms with E-state index < -0.39 is 23.5 Å². The Balaban J connectivity index is 0.803. The number of ketones is 1. The van der Waals surface area contributed by atoms with Crippen LogP contribution in [-0.4, -0.2) is 135 Å². The van der Waals surface area contributed by atoms with Gasteiger partial charge in [0.1, 0.15) is 36.5 Å². The van der Waals surface area contributed by atoms with Crippen molar-refractivity contribution < 1.29 is 42.0 Å². The summed E-state index contributed by atoms with van der Waals surface area (Å²) < 4.78 is 50.0. The van der Waals surface area contributed by atoms with E-state index in [0.717, 1.165) is 92.6 Å². The molecule has 7 heterocycles. The van der Waals surface area contributed by atoms with Crippen LogP contribution in [0.5, 0.6) is 11.6 Å². The van der Waals surface area contributed by atoms with Crippen LogP contribution in [0.2, 0.25) is 0 Å². The highest BCUT2D eigenvalue weighted by Crippen LogP contribution is 2.35. The molecular formula is C49H60F2N8O7S. The minimum Gasteiger partial charge on any atom is -0.489 e. The summed E-state index contributed by atoms with van der Waals surface area (Å²) in [6, 6.07) is 8.66. The van der Waals surface area contributed by atoms with Gasteiger partial charge in [-0.2, -0.15) is 0 Å². The Morgan fingerprint density at radius 3 is 2.43 bits per heavy atom. The van der Waals surface area contributed by atoms with Crippen molar-refractivity contribution in [3.05, 3.63) is 71.1 Å². The number of carbonyl (C=O) groups excluding carboxylic acids is 4. The first kappa shape index (κ1) is 46.6. The molecule has 0 unspecified atom stereocenters. The molecule has 3 aliphatic heterocycles. The fraction of sp³-hybridized carbons (Fsp3) is 0.551.